The van der Waals surface area contributed by atoms with Gasteiger partial charge in [-0.3, -0.25) is 19.8 Å². The van der Waals surface area contributed by atoms with Gasteiger partial charge in [-0.15, -0.1) is 0 Å². The molecule has 0 radical (unpaired) electrons. The van der Waals surface area contributed by atoms with E-state index in [2.05, 4.69) is 31.0 Å². The summed E-state index contributed by atoms with van der Waals surface area (Å²) < 4.78 is 0. The van der Waals surface area contributed by atoms with E-state index in [1.165, 1.54) is 24.3 Å². The van der Waals surface area contributed by atoms with E-state index in [-0.39, 0.29) is 17.6 Å². The normalized spacial score (nSPS) is 12.2. The fraction of sp³-hybridized carbons (Fsp3) is 0.562. The fourth-order valence-electron chi connectivity index (χ4n) is 2.33. The predicted molar refractivity (Wildman–Crippen MR) is 87.0 cm³/mol. The minimum Gasteiger partial charge on any atom is -0.350 e. The lowest BCUT2D eigenvalue weighted by atomic mass is 10.2. The maximum atomic E-state index is 12.1. The second kappa shape index (κ2) is 9.15. The van der Waals surface area contributed by atoms with Crippen molar-refractivity contribution < 1.29 is 9.72 Å². The number of amides is 1. The van der Waals surface area contributed by atoms with Gasteiger partial charge in [0, 0.05) is 30.3 Å². The second-order valence-electron chi connectivity index (χ2n) is 5.40. The molecule has 0 aliphatic carbocycles. The Hall–Kier alpha value is -1.95. The molecule has 0 aromatic heterocycles. The van der Waals surface area contributed by atoms with Gasteiger partial charge in [0.1, 0.15) is 0 Å². The molecule has 1 atom stereocenters. The van der Waals surface area contributed by atoms with Gasteiger partial charge in [-0.05, 0) is 45.0 Å². The molecule has 6 heteroatoms. The Bertz CT molecular complexity index is 482. The van der Waals surface area contributed by atoms with Crippen molar-refractivity contribution in [2.75, 3.05) is 19.6 Å². The third kappa shape index (κ3) is 5.44. The van der Waals surface area contributed by atoms with Crippen molar-refractivity contribution in [3.8, 4) is 0 Å². The number of hydrogen-bond acceptors (Lipinski definition) is 4. The standard InChI is InChI=1S/C16H25N3O3/c1-4-10-18(11-5-2)13(3)12-17-16(20)14-6-8-15(9-7-14)19(21)22/h6-9,13H,4-5,10-12H2,1-3H3,(H,17,20). The van der Waals surface area contributed by atoms with Gasteiger partial charge in [-0.1, -0.05) is 13.8 Å². The molecule has 0 saturated carbocycles. The first kappa shape index (κ1) is 18.1. The highest BCUT2D eigenvalue weighted by Crippen LogP contribution is 2.11. The Labute approximate surface area is 131 Å². The predicted octanol–water partition coefficient (Wildman–Crippen LogP) is 2.84. The monoisotopic (exact) mass is 307 g/mol. The van der Waals surface area contributed by atoms with Gasteiger partial charge >= 0.3 is 0 Å². The molecule has 22 heavy (non-hydrogen) atoms. The molecule has 0 heterocycles. The Morgan fingerprint density at radius 3 is 2.23 bits per heavy atom. The number of nitrogens with one attached hydrogen (secondary N) is 1. The summed E-state index contributed by atoms with van der Waals surface area (Å²) in [6.45, 7) is 8.98. The number of benzene rings is 1. The number of hydrogen-bond donors (Lipinski definition) is 1. The molecular formula is C16H25N3O3. The SMILES string of the molecule is CCCN(CCC)C(C)CNC(=O)c1ccc([N+](=O)[O-])cc1. The van der Waals surface area contributed by atoms with E-state index in [0.717, 1.165) is 25.9 Å². The van der Waals surface area contributed by atoms with Crippen LogP contribution in [0.1, 0.15) is 44.0 Å². The molecule has 0 spiro atoms. The van der Waals surface area contributed by atoms with Crippen LogP contribution in [-0.4, -0.2) is 41.4 Å². The summed E-state index contributed by atoms with van der Waals surface area (Å²) in [4.78, 5) is 24.5. The average Bonchev–Trinajstić information content (AvgIpc) is 2.52. The van der Waals surface area contributed by atoms with Crippen LogP contribution >= 0.6 is 0 Å². The lowest BCUT2D eigenvalue weighted by Gasteiger charge is -2.28. The van der Waals surface area contributed by atoms with Gasteiger partial charge in [0.15, 0.2) is 0 Å². The molecule has 1 unspecified atom stereocenters. The van der Waals surface area contributed by atoms with Gasteiger partial charge < -0.3 is 5.32 Å². The molecule has 0 bridgehead atoms. The molecule has 1 aromatic rings. The molecule has 0 fully saturated rings. The molecule has 1 amide bonds. The summed E-state index contributed by atoms with van der Waals surface area (Å²) in [6.07, 6.45) is 2.17. The van der Waals surface area contributed by atoms with Crippen LogP contribution in [0.4, 0.5) is 5.69 Å². The first-order valence-electron chi connectivity index (χ1n) is 7.76. The van der Waals surface area contributed by atoms with E-state index in [1.807, 2.05) is 0 Å². The van der Waals surface area contributed by atoms with Gasteiger partial charge in [0.05, 0.1) is 4.92 Å². The highest BCUT2D eigenvalue weighted by atomic mass is 16.6. The van der Waals surface area contributed by atoms with Crippen molar-refractivity contribution >= 4 is 11.6 Å². The molecular weight excluding hydrogens is 282 g/mol. The van der Waals surface area contributed by atoms with Gasteiger partial charge in [-0.2, -0.15) is 0 Å². The lowest BCUT2D eigenvalue weighted by Crippen LogP contribution is -2.42. The van der Waals surface area contributed by atoms with Crippen LogP contribution in [-0.2, 0) is 0 Å². The highest BCUT2D eigenvalue weighted by molar-refractivity contribution is 5.94. The van der Waals surface area contributed by atoms with Crippen molar-refractivity contribution in [2.24, 2.45) is 0 Å². The van der Waals surface area contributed by atoms with E-state index in [4.69, 9.17) is 0 Å². The third-order valence-corrected chi connectivity index (χ3v) is 3.54. The largest absolute Gasteiger partial charge is 0.350 e. The average molecular weight is 307 g/mol. The van der Waals surface area contributed by atoms with Crippen molar-refractivity contribution in [1.82, 2.24) is 10.2 Å². The van der Waals surface area contributed by atoms with Crippen LogP contribution in [0.2, 0.25) is 0 Å². The van der Waals surface area contributed by atoms with Crippen molar-refractivity contribution in [2.45, 2.75) is 39.7 Å². The highest BCUT2D eigenvalue weighted by Gasteiger charge is 2.14. The zero-order valence-corrected chi connectivity index (χ0v) is 13.5. The summed E-state index contributed by atoms with van der Waals surface area (Å²) in [5, 5.41) is 13.5. The van der Waals surface area contributed by atoms with Crippen LogP contribution in [0.5, 0.6) is 0 Å². The number of nitrogens with zero attached hydrogens (tertiary/aromatic N) is 2. The van der Waals surface area contributed by atoms with Crippen LogP contribution in [0.3, 0.4) is 0 Å². The van der Waals surface area contributed by atoms with Crippen LogP contribution < -0.4 is 5.32 Å². The molecule has 6 nitrogen and oxygen atoms in total. The molecule has 1 N–H and O–H groups in total. The molecule has 1 rings (SSSR count). The minimum atomic E-state index is -0.475. The van der Waals surface area contributed by atoms with Crippen LogP contribution in [0.25, 0.3) is 0 Å². The summed E-state index contributed by atoms with van der Waals surface area (Å²) >= 11 is 0. The summed E-state index contributed by atoms with van der Waals surface area (Å²) in [5.41, 5.74) is 0.428. The quantitative estimate of drug-likeness (QED) is 0.562. The van der Waals surface area contributed by atoms with E-state index >= 15 is 0 Å². The number of carbonyl (C=O) groups excluding carboxylic acids is 1. The number of carbonyl (C=O) groups is 1. The Morgan fingerprint density at radius 2 is 1.77 bits per heavy atom. The molecule has 1 aromatic carbocycles. The van der Waals surface area contributed by atoms with Gasteiger partial charge in [0.2, 0.25) is 0 Å². The maximum absolute atomic E-state index is 12.1. The zero-order chi connectivity index (χ0) is 16.5. The van der Waals surface area contributed by atoms with Crippen molar-refractivity contribution in [1.29, 1.82) is 0 Å². The summed E-state index contributed by atoms with van der Waals surface area (Å²) in [5.74, 6) is -0.199. The van der Waals surface area contributed by atoms with Crippen LogP contribution in [0.15, 0.2) is 24.3 Å². The van der Waals surface area contributed by atoms with Crippen molar-refractivity contribution in [3.05, 3.63) is 39.9 Å². The van der Waals surface area contributed by atoms with E-state index in [0.29, 0.717) is 12.1 Å². The van der Waals surface area contributed by atoms with Gasteiger partial charge in [0.25, 0.3) is 11.6 Å². The molecule has 122 valence electrons. The van der Waals surface area contributed by atoms with E-state index < -0.39 is 4.92 Å². The summed E-state index contributed by atoms with van der Waals surface area (Å²) in [6, 6.07) is 5.92. The summed E-state index contributed by atoms with van der Waals surface area (Å²) in [7, 11) is 0. The first-order valence-corrected chi connectivity index (χ1v) is 7.76. The topological polar surface area (TPSA) is 75.5 Å². The zero-order valence-electron chi connectivity index (χ0n) is 13.5. The Morgan fingerprint density at radius 1 is 1.23 bits per heavy atom. The molecule has 0 aliphatic heterocycles. The molecule has 0 saturated heterocycles. The Balaban J connectivity index is 2.55. The second-order valence-corrected chi connectivity index (χ2v) is 5.40. The van der Waals surface area contributed by atoms with Crippen molar-refractivity contribution in [3.63, 3.8) is 0 Å². The number of nitro benzene ring substituents is 1. The third-order valence-electron chi connectivity index (χ3n) is 3.54. The van der Waals surface area contributed by atoms with E-state index in [1.54, 1.807) is 0 Å². The Kier molecular flexibility index (Phi) is 7.52. The van der Waals surface area contributed by atoms with E-state index in [9.17, 15) is 14.9 Å². The number of nitro groups is 1. The maximum Gasteiger partial charge on any atom is 0.269 e. The van der Waals surface area contributed by atoms with Crippen LogP contribution in [0, 0.1) is 10.1 Å². The smallest absolute Gasteiger partial charge is 0.269 e. The number of rotatable bonds is 9. The number of non-ortho nitro benzene ring substituents is 1. The molecule has 0 aliphatic rings. The lowest BCUT2D eigenvalue weighted by molar-refractivity contribution is -0.384. The first-order chi connectivity index (χ1) is 10.5. The fourth-order valence-corrected chi connectivity index (χ4v) is 2.33. The minimum absolute atomic E-state index is 0.0121. The van der Waals surface area contributed by atoms with Gasteiger partial charge in [-0.25, -0.2) is 0 Å².